The Morgan fingerprint density at radius 2 is 1.81 bits per heavy atom. The summed E-state index contributed by atoms with van der Waals surface area (Å²) >= 11 is 0. The van der Waals surface area contributed by atoms with E-state index in [0.29, 0.717) is 0 Å². The van der Waals surface area contributed by atoms with Crippen molar-refractivity contribution in [2.45, 2.75) is 39.8 Å². The van der Waals surface area contributed by atoms with Crippen molar-refractivity contribution in [3.63, 3.8) is 0 Å². The van der Waals surface area contributed by atoms with Crippen LogP contribution < -0.4 is 5.32 Å². The summed E-state index contributed by atoms with van der Waals surface area (Å²) in [5.74, 6) is -0.620. The van der Waals surface area contributed by atoms with Crippen LogP contribution in [0.2, 0.25) is 0 Å². The minimum Gasteiger partial charge on any atom is -0.481 e. The van der Waals surface area contributed by atoms with Crippen LogP contribution in [0.1, 0.15) is 32.8 Å². The summed E-state index contributed by atoms with van der Waals surface area (Å²) in [6.07, 6.45) is -0.697. The predicted octanol–water partition coefficient (Wildman–Crippen LogP) is 3.05. The molecule has 0 heterocycles. The maximum atomic E-state index is 11.8. The van der Waals surface area contributed by atoms with E-state index in [4.69, 9.17) is 9.84 Å². The highest BCUT2D eigenvalue weighted by molar-refractivity contribution is 5.71. The lowest BCUT2D eigenvalue weighted by Crippen LogP contribution is -2.42. The van der Waals surface area contributed by atoms with Gasteiger partial charge in [-0.25, -0.2) is 4.79 Å². The molecule has 0 bridgehead atoms. The molecule has 0 aliphatic carbocycles. The second-order valence-electron chi connectivity index (χ2n) is 5.51. The van der Waals surface area contributed by atoms with E-state index >= 15 is 0 Å². The van der Waals surface area contributed by atoms with Crippen molar-refractivity contribution in [2.24, 2.45) is 11.8 Å². The fourth-order valence-electron chi connectivity index (χ4n) is 1.94. The van der Waals surface area contributed by atoms with Crippen LogP contribution >= 0.6 is 0 Å². The van der Waals surface area contributed by atoms with Crippen LogP contribution in [-0.4, -0.2) is 23.2 Å². The zero-order valence-electron chi connectivity index (χ0n) is 12.7. The molecular formula is C16H23NO4. The standard InChI is InChI=1S/C16H23NO4/c1-11(2)12(3)14(9-15(18)19)17-16(20)21-10-13-7-5-4-6-8-13/h4-8,11-12,14H,9-10H2,1-3H3,(H,17,20)(H,18,19)/t12?,14-/m1/s1. The number of hydrogen-bond acceptors (Lipinski definition) is 3. The summed E-state index contributed by atoms with van der Waals surface area (Å²) < 4.78 is 5.13. The summed E-state index contributed by atoms with van der Waals surface area (Å²) in [5, 5.41) is 11.6. The number of aliphatic carboxylic acids is 1. The third-order valence-corrected chi connectivity index (χ3v) is 3.60. The Balaban J connectivity index is 2.53. The van der Waals surface area contributed by atoms with Gasteiger partial charge in [-0.05, 0) is 17.4 Å². The number of carboxylic acid groups (broad SMARTS) is 1. The van der Waals surface area contributed by atoms with Crippen molar-refractivity contribution in [1.29, 1.82) is 0 Å². The fraction of sp³-hybridized carbons (Fsp3) is 0.500. The Hall–Kier alpha value is -2.04. The van der Waals surface area contributed by atoms with Gasteiger partial charge in [-0.2, -0.15) is 0 Å². The van der Waals surface area contributed by atoms with Crippen molar-refractivity contribution in [3.8, 4) is 0 Å². The number of amides is 1. The van der Waals surface area contributed by atoms with E-state index in [9.17, 15) is 9.59 Å². The van der Waals surface area contributed by atoms with E-state index < -0.39 is 18.1 Å². The molecule has 1 unspecified atom stereocenters. The second-order valence-corrected chi connectivity index (χ2v) is 5.51. The number of alkyl carbamates (subject to hydrolysis) is 1. The van der Waals surface area contributed by atoms with Crippen molar-refractivity contribution in [3.05, 3.63) is 35.9 Å². The van der Waals surface area contributed by atoms with Crippen LogP contribution in [0.5, 0.6) is 0 Å². The molecule has 1 aromatic rings. The van der Waals surface area contributed by atoms with Crippen molar-refractivity contribution in [1.82, 2.24) is 5.32 Å². The molecule has 0 radical (unpaired) electrons. The molecule has 1 aromatic carbocycles. The third kappa shape index (κ3) is 6.29. The van der Waals surface area contributed by atoms with Crippen LogP contribution in [0.15, 0.2) is 30.3 Å². The summed E-state index contributed by atoms with van der Waals surface area (Å²) in [7, 11) is 0. The van der Waals surface area contributed by atoms with Crippen molar-refractivity contribution < 1.29 is 19.4 Å². The Morgan fingerprint density at radius 1 is 1.19 bits per heavy atom. The lowest BCUT2D eigenvalue weighted by atomic mass is 9.88. The first-order valence-electron chi connectivity index (χ1n) is 7.09. The number of carbonyl (C=O) groups is 2. The molecule has 0 fully saturated rings. The molecule has 0 saturated heterocycles. The number of benzene rings is 1. The molecule has 0 aromatic heterocycles. The van der Waals surface area contributed by atoms with Gasteiger partial charge >= 0.3 is 12.1 Å². The average molecular weight is 293 g/mol. The molecule has 116 valence electrons. The van der Waals surface area contributed by atoms with Gasteiger partial charge in [0, 0.05) is 6.04 Å². The summed E-state index contributed by atoms with van der Waals surface area (Å²) in [4.78, 5) is 22.7. The zero-order chi connectivity index (χ0) is 15.8. The first-order chi connectivity index (χ1) is 9.90. The van der Waals surface area contributed by atoms with Gasteiger partial charge in [0.15, 0.2) is 0 Å². The first-order valence-corrected chi connectivity index (χ1v) is 7.09. The monoisotopic (exact) mass is 293 g/mol. The minimum atomic E-state index is -0.934. The molecule has 0 saturated carbocycles. The van der Waals surface area contributed by atoms with Crippen LogP contribution in [0.3, 0.4) is 0 Å². The van der Waals surface area contributed by atoms with Gasteiger partial charge in [-0.3, -0.25) is 4.79 Å². The quantitative estimate of drug-likeness (QED) is 0.810. The number of hydrogen-bond donors (Lipinski definition) is 2. The van der Waals surface area contributed by atoms with E-state index in [1.807, 2.05) is 51.1 Å². The number of nitrogens with one attached hydrogen (secondary N) is 1. The van der Waals surface area contributed by atoms with Crippen molar-refractivity contribution >= 4 is 12.1 Å². The SMILES string of the molecule is CC(C)C(C)[C@@H](CC(=O)O)NC(=O)OCc1ccccc1. The molecule has 5 heteroatoms. The van der Waals surface area contributed by atoms with Gasteiger partial charge in [-0.15, -0.1) is 0 Å². The van der Waals surface area contributed by atoms with E-state index in [1.165, 1.54) is 0 Å². The van der Waals surface area contributed by atoms with Gasteiger partial charge < -0.3 is 15.2 Å². The molecule has 0 aliphatic rings. The van der Waals surface area contributed by atoms with E-state index in [0.717, 1.165) is 5.56 Å². The second kappa shape index (κ2) is 8.29. The molecule has 1 rings (SSSR count). The molecule has 1 amide bonds. The van der Waals surface area contributed by atoms with Crippen LogP contribution in [0.25, 0.3) is 0 Å². The highest BCUT2D eigenvalue weighted by Crippen LogP contribution is 2.17. The van der Waals surface area contributed by atoms with Crippen LogP contribution in [-0.2, 0) is 16.1 Å². The maximum absolute atomic E-state index is 11.8. The number of ether oxygens (including phenoxy) is 1. The molecule has 2 atom stereocenters. The van der Waals surface area contributed by atoms with Crippen molar-refractivity contribution in [2.75, 3.05) is 0 Å². The van der Waals surface area contributed by atoms with Crippen LogP contribution in [0, 0.1) is 11.8 Å². The van der Waals surface area contributed by atoms with Gasteiger partial charge in [0.1, 0.15) is 6.61 Å². The first kappa shape index (κ1) is 17.0. The average Bonchev–Trinajstić information content (AvgIpc) is 2.44. The molecule has 0 spiro atoms. The predicted molar refractivity (Wildman–Crippen MR) is 79.8 cm³/mol. The third-order valence-electron chi connectivity index (χ3n) is 3.60. The molecule has 5 nitrogen and oxygen atoms in total. The Bertz CT molecular complexity index is 459. The molecule has 21 heavy (non-hydrogen) atoms. The van der Waals surface area contributed by atoms with Gasteiger partial charge in [0.25, 0.3) is 0 Å². The minimum absolute atomic E-state index is 0.0466. The summed E-state index contributed by atoms with van der Waals surface area (Å²) in [6.45, 7) is 6.09. The van der Waals surface area contributed by atoms with E-state index in [-0.39, 0.29) is 24.9 Å². The van der Waals surface area contributed by atoms with Gasteiger partial charge in [0.2, 0.25) is 0 Å². The lowest BCUT2D eigenvalue weighted by molar-refractivity contribution is -0.137. The number of rotatable bonds is 7. The molecule has 2 N–H and O–H groups in total. The smallest absolute Gasteiger partial charge is 0.407 e. The van der Waals surface area contributed by atoms with Gasteiger partial charge in [0.05, 0.1) is 6.42 Å². The highest BCUT2D eigenvalue weighted by Gasteiger charge is 2.25. The maximum Gasteiger partial charge on any atom is 0.407 e. The van der Waals surface area contributed by atoms with Gasteiger partial charge in [-0.1, -0.05) is 51.1 Å². The van der Waals surface area contributed by atoms with E-state index in [2.05, 4.69) is 5.32 Å². The Kier molecular flexibility index (Phi) is 6.72. The normalized spacial score (nSPS) is 13.5. The molecule has 0 aliphatic heterocycles. The highest BCUT2D eigenvalue weighted by atomic mass is 16.5. The zero-order valence-corrected chi connectivity index (χ0v) is 12.7. The summed E-state index contributed by atoms with van der Waals surface area (Å²) in [6, 6.07) is 8.90. The van der Waals surface area contributed by atoms with Crippen LogP contribution in [0.4, 0.5) is 4.79 Å². The fourth-order valence-corrected chi connectivity index (χ4v) is 1.94. The molecular weight excluding hydrogens is 270 g/mol. The Labute approximate surface area is 125 Å². The topological polar surface area (TPSA) is 75.6 Å². The Morgan fingerprint density at radius 3 is 2.33 bits per heavy atom. The largest absolute Gasteiger partial charge is 0.481 e. The number of carbonyl (C=O) groups excluding carboxylic acids is 1. The lowest BCUT2D eigenvalue weighted by Gasteiger charge is -2.26. The van der Waals surface area contributed by atoms with E-state index in [1.54, 1.807) is 0 Å². The summed E-state index contributed by atoms with van der Waals surface area (Å²) in [5.41, 5.74) is 0.888. The number of carboxylic acids is 1.